The summed E-state index contributed by atoms with van der Waals surface area (Å²) in [6, 6.07) is 5.26. The minimum Gasteiger partial charge on any atom is -0.371 e. The maximum absolute atomic E-state index is 13.6. The van der Waals surface area contributed by atoms with E-state index in [0.717, 1.165) is 0 Å². The van der Waals surface area contributed by atoms with E-state index in [1.165, 1.54) is 18.2 Å². The standard InChI is InChI=1S/C13H17F4NO/c1-2-11(18)12(19-8-7-13(15,16)17)9-5-3-4-6-10(9)14/h3-6,11-12H,2,7-8,18H2,1H3. The van der Waals surface area contributed by atoms with Gasteiger partial charge < -0.3 is 10.5 Å². The Morgan fingerprint density at radius 1 is 1.26 bits per heavy atom. The van der Waals surface area contributed by atoms with E-state index in [-0.39, 0.29) is 5.56 Å². The van der Waals surface area contributed by atoms with Crippen LogP contribution in [0.15, 0.2) is 24.3 Å². The van der Waals surface area contributed by atoms with Crippen LogP contribution in [0.3, 0.4) is 0 Å². The number of alkyl halides is 3. The first-order chi connectivity index (χ1) is 8.85. The van der Waals surface area contributed by atoms with Crippen LogP contribution in [0.25, 0.3) is 0 Å². The molecule has 0 heterocycles. The quantitative estimate of drug-likeness (QED) is 0.808. The lowest BCUT2D eigenvalue weighted by Gasteiger charge is -2.24. The predicted octanol–water partition coefficient (Wildman–Crippen LogP) is 3.57. The molecule has 0 radical (unpaired) electrons. The van der Waals surface area contributed by atoms with Crippen molar-refractivity contribution in [2.45, 2.75) is 38.1 Å². The maximum Gasteiger partial charge on any atom is 0.391 e. The molecule has 19 heavy (non-hydrogen) atoms. The summed E-state index contributed by atoms with van der Waals surface area (Å²) in [5, 5.41) is 0. The van der Waals surface area contributed by atoms with Crippen LogP contribution < -0.4 is 5.73 Å². The van der Waals surface area contributed by atoms with Crippen LogP contribution in [0.4, 0.5) is 17.6 Å². The summed E-state index contributed by atoms with van der Waals surface area (Å²) in [5.41, 5.74) is 5.99. The van der Waals surface area contributed by atoms with Gasteiger partial charge in [0.05, 0.1) is 13.0 Å². The Balaban J connectivity index is 2.76. The Morgan fingerprint density at radius 2 is 1.89 bits per heavy atom. The van der Waals surface area contributed by atoms with Crippen molar-refractivity contribution >= 4 is 0 Å². The van der Waals surface area contributed by atoms with Gasteiger partial charge in [-0.05, 0) is 12.5 Å². The molecule has 6 heteroatoms. The Hall–Kier alpha value is -1.14. The average Bonchev–Trinajstić information content (AvgIpc) is 2.34. The van der Waals surface area contributed by atoms with Gasteiger partial charge in [0.1, 0.15) is 11.9 Å². The normalized spacial score (nSPS) is 15.3. The third kappa shape index (κ3) is 5.16. The smallest absolute Gasteiger partial charge is 0.371 e. The van der Waals surface area contributed by atoms with E-state index < -0.39 is 37.2 Å². The van der Waals surface area contributed by atoms with E-state index in [2.05, 4.69) is 0 Å². The van der Waals surface area contributed by atoms with Crippen LogP contribution in [0.2, 0.25) is 0 Å². The van der Waals surface area contributed by atoms with Crippen LogP contribution in [-0.2, 0) is 4.74 Å². The van der Waals surface area contributed by atoms with Gasteiger partial charge in [0.2, 0.25) is 0 Å². The molecule has 1 aromatic carbocycles. The fraction of sp³-hybridized carbons (Fsp3) is 0.538. The first-order valence-corrected chi connectivity index (χ1v) is 6.03. The summed E-state index contributed by atoms with van der Waals surface area (Å²) in [5.74, 6) is -0.525. The van der Waals surface area contributed by atoms with Gasteiger partial charge in [0.25, 0.3) is 0 Å². The van der Waals surface area contributed by atoms with Crippen LogP contribution in [0, 0.1) is 5.82 Å². The first kappa shape index (κ1) is 15.9. The molecule has 1 aromatic rings. The maximum atomic E-state index is 13.6. The molecule has 0 saturated carbocycles. The molecule has 2 unspecified atom stereocenters. The van der Waals surface area contributed by atoms with Gasteiger partial charge in [-0.25, -0.2) is 4.39 Å². The van der Waals surface area contributed by atoms with Gasteiger partial charge in [-0.1, -0.05) is 25.1 Å². The molecule has 0 aliphatic carbocycles. The van der Waals surface area contributed by atoms with Gasteiger partial charge in [-0.3, -0.25) is 0 Å². The molecular formula is C13H17F4NO. The van der Waals surface area contributed by atoms with Crippen LogP contribution in [0.1, 0.15) is 31.4 Å². The Morgan fingerprint density at radius 3 is 2.42 bits per heavy atom. The van der Waals surface area contributed by atoms with Gasteiger partial charge >= 0.3 is 6.18 Å². The molecule has 0 amide bonds. The van der Waals surface area contributed by atoms with Crippen molar-refractivity contribution in [2.24, 2.45) is 5.73 Å². The molecule has 2 atom stereocenters. The van der Waals surface area contributed by atoms with Crippen LogP contribution in [-0.4, -0.2) is 18.8 Å². The molecule has 108 valence electrons. The van der Waals surface area contributed by atoms with E-state index in [4.69, 9.17) is 10.5 Å². The van der Waals surface area contributed by atoms with E-state index in [9.17, 15) is 17.6 Å². The number of rotatable bonds is 6. The van der Waals surface area contributed by atoms with Crippen molar-refractivity contribution in [3.63, 3.8) is 0 Å². The van der Waals surface area contributed by atoms with Crippen molar-refractivity contribution in [1.29, 1.82) is 0 Å². The van der Waals surface area contributed by atoms with Crippen molar-refractivity contribution in [3.05, 3.63) is 35.6 Å². The largest absolute Gasteiger partial charge is 0.391 e. The summed E-state index contributed by atoms with van der Waals surface area (Å²) in [7, 11) is 0. The minimum absolute atomic E-state index is 0.194. The summed E-state index contributed by atoms with van der Waals surface area (Å²) in [6.45, 7) is 1.24. The fourth-order valence-corrected chi connectivity index (χ4v) is 1.67. The van der Waals surface area contributed by atoms with Gasteiger partial charge in [0.15, 0.2) is 0 Å². The lowest BCUT2D eigenvalue weighted by Crippen LogP contribution is -2.31. The molecule has 0 bridgehead atoms. The van der Waals surface area contributed by atoms with Crippen molar-refractivity contribution in [2.75, 3.05) is 6.61 Å². The van der Waals surface area contributed by atoms with Gasteiger partial charge in [-0.15, -0.1) is 0 Å². The molecule has 0 spiro atoms. The second kappa shape index (κ2) is 6.86. The lowest BCUT2D eigenvalue weighted by molar-refractivity contribution is -0.150. The molecule has 0 aliphatic rings. The number of hydrogen-bond acceptors (Lipinski definition) is 2. The predicted molar refractivity (Wildman–Crippen MR) is 64.0 cm³/mol. The highest BCUT2D eigenvalue weighted by Crippen LogP contribution is 2.27. The number of ether oxygens (including phenoxy) is 1. The lowest BCUT2D eigenvalue weighted by atomic mass is 10.0. The Kier molecular flexibility index (Phi) is 5.75. The van der Waals surface area contributed by atoms with E-state index in [1.807, 2.05) is 0 Å². The summed E-state index contributed by atoms with van der Waals surface area (Å²) in [4.78, 5) is 0. The molecule has 2 N–H and O–H groups in total. The number of hydrogen-bond donors (Lipinski definition) is 1. The van der Waals surface area contributed by atoms with E-state index >= 15 is 0 Å². The highest BCUT2D eigenvalue weighted by atomic mass is 19.4. The van der Waals surface area contributed by atoms with Crippen LogP contribution in [0.5, 0.6) is 0 Å². The summed E-state index contributed by atoms with van der Waals surface area (Å²) < 4.78 is 55.0. The van der Waals surface area contributed by atoms with Crippen LogP contribution >= 0.6 is 0 Å². The summed E-state index contributed by atoms with van der Waals surface area (Å²) >= 11 is 0. The fourth-order valence-electron chi connectivity index (χ4n) is 1.67. The summed E-state index contributed by atoms with van der Waals surface area (Å²) in [6.07, 6.45) is -5.76. The van der Waals surface area contributed by atoms with E-state index in [0.29, 0.717) is 6.42 Å². The topological polar surface area (TPSA) is 35.2 Å². The Bertz CT molecular complexity index is 394. The highest BCUT2D eigenvalue weighted by Gasteiger charge is 2.29. The molecular weight excluding hydrogens is 262 g/mol. The second-order valence-corrected chi connectivity index (χ2v) is 4.25. The molecule has 2 nitrogen and oxygen atoms in total. The van der Waals surface area contributed by atoms with Crippen molar-refractivity contribution < 1.29 is 22.3 Å². The SMILES string of the molecule is CCC(N)C(OCCC(F)(F)F)c1ccccc1F. The monoisotopic (exact) mass is 279 g/mol. The molecule has 0 aliphatic heterocycles. The second-order valence-electron chi connectivity index (χ2n) is 4.25. The zero-order chi connectivity index (χ0) is 14.5. The average molecular weight is 279 g/mol. The first-order valence-electron chi connectivity index (χ1n) is 6.03. The molecule has 0 fully saturated rings. The zero-order valence-corrected chi connectivity index (χ0v) is 10.6. The van der Waals surface area contributed by atoms with Gasteiger partial charge in [-0.2, -0.15) is 13.2 Å². The molecule has 1 rings (SSSR count). The third-order valence-corrected chi connectivity index (χ3v) is 2.75. The number of benzene rings is 1. The minimum atomic E-state index is -4.30. The number of halogens is 4. The number of nitrogens with two attached hydrogens (primary N) is 1. The van der Waals surface area contributed by atoms with E-state index in [1.54, 1.807) is 13.0 Å². The molecule has 0 saturated heterocycles. The zero-order valence-electron chi connectivity index (χ0n) is 10.6. The highest BCUT2D eigenvalue weighted by molar-refractivity contribution is 5.21. The van der Waals surface area contributed by atoms with Gasteiger partial charge in [0, 0.05) is 11.6 Å². The molecule has 0 aromatic heterocycles. The Labute approximate surface area is 109 Å². The van der Waals surface area contributed by atoms with Crippen molar-refractivity contribution in [3.8, 4) is 0 Å². The third-order valence-electron chi connectivity index (χ3n) is 2.75. The van der Waals surface area contributed by atoms with Crippen molar-refractivity contribution in [1.82, 2.24) is 0 Å².